The van der Waals surface area contributed by atoms with E-state index in [1.807, 2.05) is 53.1 Å². The molecular formula is C19H17N7. The number of aromatic nitrogens is 5. The van der Waals surface area contributed by atoms with Crippen LogP contribution >= 0.6 is 0 Å². The lowest BCUT2D eigenvalue weighted by Crippen LogP contribution is -2.08. The topological polar surface area (TPSA) is 80.5 Å². The van der Waals surface area contributed by atoms with Crippen LogP contribution in [0.5, 0.6) is 0 Å². The van der Waals surface area contributed by atoms with E-state index in [-0.39, 0.29) is 0 Å². The van der Waals surface area contributed by atoms with Crippen molar-refractivity contribution in [2.75, 3.05) is 10.6 Å². The summed E-state index contributed by atoms with van der Waals surface area (Å²) in [5.41, 5.74) is 2.54. The molecule has 0 aliphatic heterocycles. The van der Waals surface area contributed by atoms with Crippen LogP contribution in [0.25, 0.3) is 16.9 Å². The summed E-state index contributed by atoms with van der Waals surface area (Å²) in [6.45, 7) is 0. The average Bonchev–Trinajstić information content (AvgIpc) is 3.39. The highest BCUT2D eigenvalue weighted by molar-refractivity contribution is 5.86. The summed E-state index contributed by atoms with van der Waals surface area (Å²) in [4.78, 5) is 18.2. The van der Waals surface area contributed by atoms with Crippen molar-refractivity contribution >= 4 is 28.7 Å². The smallest absolute Gasteiger partial charge is 0.232 e. The molecule has 26 heavy (non-hydrogen) atoms. The van der Waals surface area contributed by atoms with Gasteiger partial charge in [0.05, 0.1) is 0 Å². The Kier molecular flexibility index (Phi) is 3.48. The van der Waals surface area contributed by atoms with Crippen LogP contribution in [0.2, 0.25) is 0 Å². The van der Waals surface area contributed by atoms with Crippen molar-refractivity contribution in [3.63, 3.8) is 0 Å². The minimum absolute atomic E-state index is 0.470. The molecule has 0 atom stereocenters. The molecule has 1 aromatic carbocycles. The number of hydrogen-bond acceptors (Lipinski definition) is 6. The van der Waals surface area contributed by atoms with E-state index < -0.39 is 0 Å². The summed E-state index contributed by atoms with van der Waals surface area (Å²) in [6.07, 6.45) is 5.84. The molecule has 2 N–H and O–H groups in total. The van der Waals surface area contributed by atoms with Gasteiger partial charge in [0, 0.05) is 17.9 Å². The average molecular weight is 343 g/mol. The van der Waals surface area contributed by atoms with Gasteiger partial charge in [0.1, 0.15) is 12.1 Å². The first-order valence-electron chi connectivity index (χ1n) is 8.62. The Hall–Kier alpha value is -3.48. The number of imidazole rings is 1. The molecule has 1 aliphatic carbocycles. The van der Waals surface area contributed by atoms with Gasteiger partial charge in [-0.3, -0.25) is 4.57 Å². The molecule has 3 heterocycles. The SMILES string of the molecule is c1ccc(-n2cnc3c(NC4CC4)nc(Nc4ccccn4)nc32)cc1. The Morgan fingerprint density at radius 2 is 1.77 bits per heavy atom. The summed E-state index contributed by atoms with van der Waals surface area (Å²) in [7, 11) is 0. The highest BCUT2D eigenvalue weighted by Crippen LogP contribution is 2.29. The van der Waals surface area contributed by atoms with Crippen LogP contribution in [0.3, 0.4) is 0 Å². The molecule has 1 fully saturated rings. The highest BCUT2D eigenvalue weighted by atomic mass is 15.2. The van der Waals surface area contributed by atoms with Crippen LogP contribution < -0.4 is 10.6 Å². The van der Waals surface area contributed by atoms with Gasteiger partial charge in [-0.2, -0.15) is 9.97 Å². The van der Waals surface area contributed by atoms with Gasteiger partial charge >= 0.3 is 0 Å². The molecule has 0 unspecified atom stereocenters. The van der Waals surface area contributed by atoms with Crippen LogP contribution in [0.15, 0.2) is 61.1 Å². The number of fused-ring (bicyclic) bond motifs is 1. The maximum Gasteiger partial charge on any atom is 0.232 e. The molecule has 1 aliphatic rings. The van der Waals surface area contributed by atoms with Crippen LogP contribution in [0, 0.1) is 0 Å². The number of hydrogen-bond donors (Lipinski definition) is 2. The van der Waals surface area contributed by atoms with Crippen molar-refractivity contribution in [1.82, 2.24) is 24.5 Å². The third-order valence-electron chi connectivity index (χ3n) is 4.25. The Morgan fingerprint density at radius 3 is 2.54 bits per heavy atom. The lowest BCUT2D eigenvalue weighted by molar-refractivity contribution is 1.05. The largest absolute Gasteiger partial charge is 0.365 e. The molecular weight excluding hydrogens is 326 g/mol. The predicted molar refractivity (Wildman–Crippen MR) is 101 cm³/mol. The third-order valence-corrected chi connectivity index (χ3v) is 4.25. The van der Waals surface area contributed by atoms with Gasteiger partial charge in [-0.1, -0.05) is 24.3 Å². The van der Waals surface area contributed by atoms with E-state index in [4.69, 9.17) is 4.98 Å². The van der Waals surface area contributed by atoms with Crippen molar-refractivity contribution < 1.29 is 0 Å². The van der Waals surface area contributed by atoms with Crippen molar-refractivity contribution in [2.45, 2.75) is 18.9 Å². The van der Waals surface area contributed by atoms with Gasteiger partial charge in [0.25, 0.3) is 0 Å². The Morgan fingerprint density at radius 1 is 0.923 bits per heavy atom. The Bertz CT molecular complexity index is 1040. The molecule has 7 heteroatoms. The zero-order valence-corrected chi connectivity index (χ0v) is 14.0. The first-order chi connectivity index (χ1) is 12.9. The van der Waals surface area contributed by atoms with Gasteiger partial charge in [-0.25, -0.2) is 9.97 Å². The monoisotopic (exact) mass is 343 g/mol. The molecule has 5 rings (SSSR count). The molecule has 0 saturated heterocycles. The second kappa shape index (κ2) is 6.11. The zero-order chi connectivity index (χ0) is 17.3. The fourth-order valence-electron chi connectivity index (χ4n) is 2.81. The summed E-state index contributed by atoms with van der Waals surface area (Å²) in [5, 5.41) is 6.65. The molecule has 4 aromatic rings. The summed E-state index contributed by atoms with van der Waals surface area (Å²) in [6, 6.07) is 16.2. The van der Waals surface area contributed by atoms with Crippen LogP contribution in [0.4, 0.5) is 17.6 Å². The predicted octanol–water partition coefficient (Wildman–Crippen LogP) is 3.53. The molecule has 1 saturated carbocycles. The maximum absolute atomic E-state index is 4.69. The lowest BCUT2D eigenvalue weighted by atomic mass is 10.3. The fourth-order valence-corrected chi connectivity index (χ4v) is 2.81. The van der Waals surface area contributed by atoms with Crippen LogP contribution in [0.1, 0.15) is 12.8 Å². The minimum Gasteiger partial charge on any atom is -0.365 e. The third kappa shape index (κ3) is 2.83. The number of nitrogens with zero attached hydrogens (tertiary/aromatic N) is 5. The van der Waals surface area contributed by atoms with Crippen molar-refractivity contribution in [3.05, 3.63) is 61.1 Å². The number of pyridine rings is 1. The van der Waals surface area contributed by atoms with Crippen molar-refractivity contribution in [2.24, 2.45) is 0 Å². The molecule has 128 valence electrons. The zero-order valence-electron chi connectivity index (χ0n) is 14.0. The van der Waals surface area contributed by atoms with E-state index in [2.05, 4.69) is 25.6 Å². The standard InChI is InChI=1S/C19H17N7/c1-2-6-14(7-3-1)26-12-21-16-17(22-13-9-10-13)24-19(25-18(16)26)23-15-8-4-5-11-20-15/h1-8,11-13H,9-10H2,(H2,20,22,23,24,25). The van der Waals surface area contributed by atoms with E-state index >= 15 is 0 Å². The summed E-state index contributed by atoms with van der Waals surface area (Å²) >= 11 is 0. The lowest BCUT2D eigenvalue weighted by Gasteiger charge is -2.10. The Labute approximate surface area is 150 Å². The number of nitrogens with one attached hydrogen (secondary N) is 2. The van der Waals surface area contributed by atoms with Crippen molar-refractivity contribution in [3.8, 4) is 5.69 Å². The van der Waals surface area contributed by atoms with Gasteiger partial charge in [0.15, 0.2) is 17.0 Å². The normalized spacial score (nSPS) is 13.7. The second-order valence-electron chi connectivity index (χ2n) is 6.28. The molecule has 3 aromatic heterocycles. The van der Waals surface area contributed by atoms with Crippen molar-refractivity contribution in [1.29, 1.82) is 0 Å². The van der Waals surface area contributed by atoms with Gasteiger partial charge < -0.3 is 10.6 Å². The highest BCUT2D eigenvalue weighted by Gasteiger charge is 2.24. The van der Waals surface area contributed by atoms with E-state index in [0.717, 1.165) is 35.5 Å². The molecule has 7 nitrogen and oxygen atoms in total. The first kappa shape index (κ1) is 14.8. The number of anilines is 3. The number of para-hydroxylation sites is 1. The molecule has 0 spiro atoms. The molecule has 0 radical (unpaired) electrons. The van der Waals surface area contributed by atoms with E-state index in [1.54, 1.807) is 12.5 Å². The summed E-state index contributed by atoms with van der Waals surface area (Å²) in [5.74, 6) is 1.96. The maximum atomic E-state index is 4.69. The fraction of sp³-hybridized carbons (Fsp3) is 0.158. The molecule has 0 bridgehead atoms. The van der Waals surface area contributed by atoms with E-state index in [1.165, 1.54) is 0 Å². The van der Waals surface area contributed by atoms with E-state index in [0.29, 0.717) is 17.8 Å². The summed E-state index contributed by atoms with van der Waals surface area (Å²) < 4.78 is 1.97. The number of benzene rings is 1. The second-order valence-corrected chi connectivity index (χ2v) is 6.28. The Balaban J connectivity index is 1.63. The van der Waals surface area contributed by atoms with Gasteiger partial charge in [0.2, 0.25) is 5.95 Å². The first-order valence-corrected chi connectivity index (χ1v) is 8.62. The van der Waals surface area contributed by atoms with Crippen LogP contribution in [-0.4, -0.2) is 30.5 Å². The van der Waals surface area contributed by atoms with Gasteiger partial charge in [-0.05, 0) is 37.1 Å². The van der Waals surface area contributed by atoms with E-state index in [9.17, 15) is 0 Å². The minimum atomic E-state index is 0.470. The van der Waals surface area contributed by atoms with Crippen LogP contribution in [-0.2, 0) is 0 Å². The number of rotatable bonds is 5. The van der Waals surface area contributed by atoms with Gasteiger partial charge in [-0.15, -0.1) is 0 Å². The quantitative estimate of drug-likeness (QED) is 0.577. The molecule has 0 amide bonds.